The minimum Gasteiger partial charge on any atom is -0.367 e. The molecule has 1 fully saturated rings. The van der Waals surface area contributed by atoms with Gasteiger partial charge in [0, 0.05) is 6.54 Å². The molecule has 6 nitrogen and oxygen atoms in total. The number of morpholine rings is 1. The highest BCUT2D eigenvalue weighted by atomic mass is 32.2. The highest BCUT2D eigenvalue weighted by molar-refractivity contribution is 7.91. The van der Waals surface area contributed by atoms with Crippen molar-refractivity contribution in [2.45, 2.75) is 24.9 Å². The maximum atomic E-state index is 12.7. The highest BCUT2D eigenvalue weighted by Gasteiger charge is 2.31. The Morgan fingerprint density at radius 3 is 2.46 bits per heavy atom. The molecule has 0 aliphatic carbocycles. The van der Waals surface area contributed by atoms with Crippen LogP contribution in [0.5, 0.6) is 0 Å². The number of sulfone groups is 1. The molecule has 0 saturated carbocycles. The fourth-order valence-corrected chi connectivity index (χ4v) is 4.63. The van der Waals surface area contributed by atoms with Gasteiger partial charge < -0.3 is 9.64 Å². The molecule has 1 saturated heterocycles. The molecule has 1 heterocycles. The van der Waals surface area contributed by atoms with Gasteiger partial charge in [-0.1, -0.05) is 42.5 Å². The molecule has 0 spiro atoms. The molecule has 1 aliphatic rings. The van der Waals surface area contributed by atoms with Gasteiger partial charge in [-0.2, -0.15) is 5.26 Å². The van der Waals surface area contributed by atoms with Gasteiger partial charge in [0.05, 0.1) is 30.0 Å². The van der Waals surface area contributed by atoms with Gasteiger partial charge in [0.25, 0.3) is 0 Å². The molecule has 2 unspecified atom stereocenters. The van der Waals surface area contributed by atoms with Crippen LogP contribution in [0.15, 0.2) is 54.6 Å². The van der Waals surface area contributed by atoms with E-state index in [-0.39, 0.29) is 18.0 Å². The number of benzene rings is 2. The van der Waals surface area contributed by atoms with E-state index in [4.69, 9.17) is 10.00 Å². The van der Waals surface area contributed by atoms with Crippen LogP contribution in [0, 0.1) is 11.3 Å². The Labute approximate surface area is 165 Å². The van der Waals surface area contributed by atoms with Crippen molar-refractivity contribution in [2.24, 2.45) is 0 Å². The maximum absolute atomic E-state index is 12.7. The van der Waals surface area contributed by atoms with Gasteiger partial charge >= 0.3 is 0 Å². The fraction of sp³-hybridized carbons (Fsp3) is 0.333. The zero-order valence-corrected chi connectivity index (χ0v) is 16.4. The largest absolute Gasteiger partial charge is 0.367 e. The SMILES string of the molecule is CC1CN(C(=O)CS(=O)(=O)Cc2ccc(C#N)cc2)CC(c2ccccc2)O1. The van der Waals surface area contributed by atoms with Crippen LogP contribution in [0.25, 0.3) is 0 Å². The Hall–Kier alpha value is -2.69. The molecule has 2 aromatic carbocycles. The van der Waals surface area contributed by atoms with Crippen molar-refractivity contribution in [2.75, 3.05) is 18.8 Å². The molecule has 0 bridgehead atoms. The second-order valence-electron chi connectivity index (χ2n) is 6.99. The summed E-state index contributed by atoms with van der Waals surface area (Å²) in [7, 11) is -3.62. The van der Waals surface area contributed by atoms with E-state index in [2.05, 4.69) is 0 Å². The smallest absolute Gasteiger partial charge is 0.237 e. The average molecular weight is 398 g/mol. The second kappa shape index (κ2) is 8.55. The van der Waals surface area contributed by atoms with Crippen molar-refractivity contribution in [3.05, 3.63) is 71.3 Å². The minimum atomic E-state index is -3.62. The zero-order valence-electron chi connectivity index (χ0n) is 15.6. The second-order valence-corrected chi connectivity index (χ2v) is 9.05. The van der Waals surface area contributed by atoms with Gasteiger partial charge in [-0.3, -0.25) is 4.79 Å². The standard InChI is InChI=1S/C21H22N2O4S/c1-16-12-23(13-20(27-16)19-5-3-2-4-6-19)21(24)15-28(25,26)14-18-9-7-17(11-22)8-10-18/h2-10,16,20H,12-15H2,1H3. The molecule has 1 amide bonds. The number of amides is 1. The van der Waals surface area contributed by atoms with Crippen molar-refractivity contribution >= 4 is 15.7 Å². The maximum Gasteiger partial charge on any atom is 0.237 e. The topological polar surface area (TPSA) is 87.5 Å². The summed E-state index contributed by atoms with van der Waals surface area (Å²) in [6, 6.07) is 17.9. The minimum absolute atomic E-state index is 0.177. The van der Waals surface area contributed by atoms with Crippen LogP contribution in [0.2, 0.25) is 0 Å². The first-order valence-corrected chi connectivity index (χ1v) is 10.9. The summed E-state index contributed by atoms with van der Waals surface area (Å²) in [5.74, 6) is -1.18. The summed E-state index contributed by atoms with van der Waals surface area (Å²) >= 11 is 0. The predicted molar refractivity (Wildman–Crippen MR) is 105 cm³/mol. The lowest BCUT2D eigenvalue weighted by Crippen LogP contribution is -2.47. The van der Waals surface area contributed by atoms with E-state index in [1.54, 1.807) is 29.2 Å². The predicted octanol–water partition coefficient (Wildman–Crippen LogP) is 2.46. The Morgan fingerprint density at radius 2 is 1.82 bits per heavy atom. The third kappa shape index (κ3) is 5.18. The number of nitriles is 1. The van der Waals surface area contributed by atoms with E-state index in [9.17, 15) is 13.2 Å². The van der Waals surface area contributed by atoms with Crippen LogP contribution in [0.4, 0.5) is 0 Å². The van der Waals surface area contributed by atoms with Crippen LogP contribution < -0.4 is 0 Å². The van der Waals surface area contributed by atoms with Crippen molar-refractivity contribution < 1.29 is 17.9 Å². The molecule has 0 aromatic heterocycles. The van der Waals surface area contributed by atoms with Crippen LogP contribution in [-0.2, 0) is 25.1 Å². The number of ether oxygens (including phenoxy) is 1. The Bertz CT molecular complexity index is 966. The zero-order chi connectivity index (χ0) is 20.1. The normalized spacial score (nSPS) is 19.8. The average Bonchev–Trinajstić information content (AvgIpc) is 2.68. The third-order valence-corrected chi connectivity index (χ3v) is 6.06. The molecule has 28 heavy (non-hydrogen) atoms. The first-order chi connectivity index (χ1) is 13.4. The Kier molecular flexibility index (Phi) is 6.12. The fourth-order valence-electron chi connectivity index (χ4n) is 3.27. The van der Waals surface area contributed by atoms with Crippen molar-refractivity contribution in [1.82, 2.24) is 4.90 Å². The first-order valence-electron chi connectivity index (χ1n) is 9.04. The van der Waals surface area contributed by atoms with E-state index < -0.39 is 21.5 Å². The molecule has 0 N–H and O–H groups in total. The molecular formula is C21H22N2O4S. The van der Waals surface area contributed by atoms with E-state index in [1.807, 2.05) is 43.3 Å². The van der Waals surface area contributed by atoms with Crippen molar-refractivity contribution in [3.63, 3.8) is 0 Å². The van der Waals surface area contributed by atoms with Crippen molar-refractivity contribution in [1.29, 1.82) is 5.26 Å². The molecule has 0 radical (unpaired) electrons. The summed E-state index contributed by atoms with van der Waals surface area (Å²) in [6.45, 7) is 2.58. The van der Waals surface area contributed by atoms with Crippen LogP contribution in [-0.4, -0.2) is 44.2 Å². The Morgan fingerprint density at radius 1 is 1.14 bits per heavy atom. The summed E-state index contributed by atoms with van der Waals surface area (Å²) in [6.07, 6.45) is -0.445. The molecule has 146 valence electrons. The van der Waals surface area contributed by atoms with Crippen LogP contribution >= 0.6 is 0 Å². The summed E-state index contributed by atoms with van der Waals surface area (Å²) in [5, 5.41) is 8.82. The quantitative estimate of drug-likeness (QED) is 0.772. The van der Waals surface area contributed by atoms with Gasteiger partial charge in [-0.05, 0) is 30.2 Å². The molecule has 1 aliphatic heterocycles. The molecule has 2 atom stereocenters. The van der Waals surface area contributed by atoms with E-state index in [0.717, 1.165) is 5.56 Å². The third-order valence-electron chi connectivity index (χ3n) is 4.60. The highest BCUT2D eigenvalue weighted by Crippen LogP contribution is 2.25. The first kappa shape index (κ1) is 20.1. The van der Waals surface area contributed by atoms with Gasteiger partial charge in [0.2, 0.25) is 5.91 Å². The lowest BCUT2D eigenvalue weighted by atomic mass is 10.1. The number of carbonyl (C=O) groups excluding carboxylic acids is 1. The monoisotopic (exact) mass is 398 g/mol. The number of rotatable bonds is 5. The van der Waals surface area contributed by atoms with Gasteiger partial charge in [0.1, 0.15) is 11.9 Å². The number of carbonyl (C=O) groups is 1. The summed E-state index contributed by atoms with van der Waals surface area (Å²) in [4.78, 5) is 14.2. The Balaban J connectivity index is 1.66. The van der Waals surface area contributed by atoms with Gasteiger partial charge in [-0.25, -0.2) is 8.42 Å². The lowest BCUT2D eigenvalue weighted by Gasteiger charge is -2.37. The van der Waals surface area contributed by atoms with Crippen molar-refractivity contribution in [3.8, 4) is 6.07 Å². The number of hydrogen-bond donors (Lipinski definition) is 0. The number of nitrogens with zero attached hydrogens (tertiary/aromatic N) is 2. The molecule has 3 rings (SSSR count). The van der Waals surface area contributed by atoms with Crippen LogP contribution in [0.3, 0.4) is 0 Å². The van der Waals surface area contributed by atoms with E-state index in [0.29, 0.717) is 24.2 Å². The van der Waals surface area contributed by atoms with Crippen LogP contribution in [0.1, 0.15) is 29.7 Å². The molecular weight excluding hydrogens is 376 g/mol. The van der Waals surface area contributed by atoms with Gasteiger partial charge in [0.15, 0.2) is 9.84 Å². The molecule has 2 aromatic rings. The molecule has 7 heteroatoms. The van der Waals surface area contributed by atoms with E-state index >= 15 is 0 Å². The summed E-state index contributed by atoms with van der Waals surface area (Å²) < 4.78 is 30.9. The van der Waals surface area contributed by atoms with Gasteiger partial charge in [-0.15, -0.1) is 0 Å². The summed E-state index contributed by atoms with van der Waals surface area (Å²) in [5.41, 5.74) is 1.99. The number of hydrogen-bond acceptors (Lipinski definition) is 5. The lowest BCUT2D eigenvalue weighted by molar-refractivity contribution is -0.142. The van der Waals surface area contributed by atoms with E-state index in [1.165, 1.54) is 0 Å².